The van der Waals surface area contributed by atoms with Crippen molar-refractivity contribution in [2.45, 2.75) is 6.10 Å². The second kappa shape index (κ2) is 6.85. The van der Waals surface area contributed by atoms with Gasteiger partial charge in [0.2, 0.25) is 0 Å². The molecule has 1 unspecified atom stereocenters. The average molecular weight is 363 g/mol. The van der Waals surface area contributed by atoms with Gasteiger partial charge in [-0.15, -0.1) is 0 Å². The fourth-order valence-electron chi connectivity index (χ4n) is 2.58. The number of amides is 1. The third-order valence-corrected chi connectivity index (χ3v) is 4.49. The minimum absolute atomic E-state index is 0.0833. The number of carbonyl (C=O) groups excluding carboxylic acids is 1. The lowest BCUT2D eigenvalue weighted by atomic mass is 10.1. The number of aliphatic hydroxyl groups is 1. The van der Waals surface area contributed by atoms with Gasteiger partial charge >= 0.3 is 0 Å². The predicted octanol–water partition coefficient (Wildman–Crippen LogP) is 3.95. The maximum Gasteiger partial charge on any atom is 0.252 e. The Balaban J connectivity index is 1.70. The van der Waals surface area contributed by atoms with Crippen LogP contribution in [0.15, 0.2) is 48.7 Å². The van der Waals surface area contributed by atoms with E-state index in [1.165, 1.54) is 6.07 Å². The molecule has 3 aromatic rings. The standard InChI is InChI=1S/C18H16Cl2N2O2/c1-22-7-6-11-8-12(2-5-16(11)22)17(23)10-21-18(24)14-9-13(19)3-4-15(14)20/h2-9,17,23H,10H2,1H3,(H,21,24). The number of rotatable bonds is 4. The van der Waals surface area contributed by atoms with Crippen molar-refractivity contribution in [1.29, 1.82) is 0 Å². The molecule has 24 heavy (non-hydrogen) atoms. The lowest BCUT2D eigenvalue weighted by Crippen LogP contribution is -2.28. The first-order valence-electron chi connectivity index (χ1n) is 7.42. The van der Waals surface area contributed by atoms with Crippen molar-refractivity contribution in [2.24, 2.45) is 7.05 Å². The molecule has 124 valence electrons. The number of carbonyl (C=O) groups is 1. The van der Waals surface area contributed by atoms with Gasteiger partial charge in [-0.05, 0) is 47.3 Å². The van der Waals surface area contributed by atoms with Crippen LogP contribution in [-0.2, 0) is 7.05 Å². The summed E-state index contributed by atoms with van der Waals surface area (Å²) < 4.78 is 2.01. The minimum Gasteiger partial charge on any atom is -0.387 e. The van der Waals surface area contributed by atoms with Crippen LogP contribution in [0.1, 0.15) is 22.0 Å². The summed E-state index contributed by atoms with van der Waals surface area (Å²) in [5.74, 6) is -0.373. The van der Waals surface area contributed by atoms with Gasteiger partial charge < -0.3 is 15.0 Å². The predicted molar refractivity (Wildman–Crippen MR) is 96.7 cm³/mol. The number of aliphatic hydroxyl groups excluding tert-OH is 1. The highest BCUT2D eigenvalue weighted by atomic mass is 35.5. The van der Waals surface area contributed by atoms with Crippen LogP contribution in [0.3, 0.4) is 0 Å². The number of benzene rings is 2. The van der Waals surface area contributed by atoms with Crippen LogP contribution in [0.25, 0.3) is 10.9 Å². The maximum atomic E-state index is 12.2. The highest BCUT2D eigenvalue weighted by Crippen LogP contribution is 2.22. The van der Waals surface area contributed by atoms with E-state index < -0.39 is 6.10 Å². The molecule has 1 atom stereocenters. The SMILES string of the molecule is Cn1ccc2cc(C(O)CNC(=O)c3cc(Cl)ccc3Cl)ccc21. The summed E-state index contributed by atoms with van der Waals surface area (Å²) in [6.45, 7) is 0.0833. The van der Waals surface area contributed by atoms with E-state index in [4.69, 9.17) is 23.2 Å². The van der Waals surface area contributed by atoms with Crippen molar-refractivity contribution in [3.05, 3.63) is 69.8 Å². The van der Waals surface area contributed by atoms with E-state index in [9.17, 15) is 9.90 Å². The highest BCUT2D eigenvalue weighted by Gasteiger charge is 2.14. The Morgan fingerprint density at radius 2 is 2.00 bits per heavy atom. The van der Waals surface area contributed by atoms with Gasteiger partial charge in [-0.25, -0.2) is 0 Å². The quantitative estimate of drug-likeness (QED) is 0.738. The molecular formula is C18H16Cl2N2O2. The molecule has 0 saturated heterocycles. The number of hydrogen-bond donors (Lipinski definition) is 2. The Bertz CT molecular complexity index is 905. The van der Waals surface area contributed by atoms with Crippen LogP contribution >= 0.6 is 23.2 Å². The highest BCUT2D eigenvalue weighted by molar-refractivity contribution is 6.35. The van der Waals surface area contributed by atoms with Gasteiger partial charge in [0.15, 0.2) is 0 Å². The van der Waals surface area contributed by atoms with E-state index in [-0.39, 0.29) is 18.0 Å². The Kier molecular flexibility index (Phi) is 4.81. The molecule has 0 spiro atoms. The summed E-state index contributed by atoms with van der Waals surface area (Å²) in [4.78, 5) is 12.2. The molecule has 4 nitrogen and oxygen atoms in total. The van der Waals surface area contributed by atoms with Gasteiger partial charge in [0.25, 0.3) is 5.91 Å². The van der Waals surface area contributed by atoms with Crippen LogP contribution in [-0.4, -0.2) is 22.1 Å². The van der Waals surface area contributed by atoms with E-state index >= 15 is 0 Å². The summed E-state index contributed by atoms with van der Waals surface area (Å²) in [5, 5.41) is 14.8. The number of nitrogens with one attached hydrogen (secondary N) is 1. The lowest BCUT2D eigenvalue weighted by molar-refractivity contribution is 0.0916. The van der Waals surface area contributed by atoms with Crippen molar-refractivity contribution in [3.8, 4) is 0 Å². The first kappa shape index (κ1) is 16.8. The third kappa shape index (κ3) is 3.41. The summed E-state index contributed by atoms with van der Waals surface area (Å²) in [6, 6.07) is 12.4. The summed E-state index contributed by atoms with van der Waals surface area (Å²) >= 11 is 11.9. The molecule has 0 bridgehead atoms. The third-order valence-electron chi connectivity index (χ3n) is 3.92. The van der Waals surface area contributed by atoms with Crippen LogP contribution in [0, 0.1) is 0 Å². The summed E-state index contributed by atoms with van der Waals surface area (Å²) in [5.41, 5.74) is 2.11. The molecule has 1 heterocycles. The first-order chi connectivity index (χ1) is 11.5. The molecule has 2 N–H and O–H groups in total. The molecule has 1 amide bonds. The van der Waals surface area contributed by atoms with E-state index in [2.05, 4.69) is 5.32 Å². The molecule has 0 aliphatic heterocycles. The normalized spacial score (nSPS) is 12.3. The minimum atomic E-state index is -0.809. The summed E-state index contributed by atoms with van der Waals surface area (Å²) in [6.07, 6.45) is 1.15. The number of halogens is 2. The van der Waals surface area contributed by atoms with Gasteiger partial charge in [0, 0.05) is 30.3 Å². The first-order valence-corrected chi connectivity index (χ1v) is 8.17. The number of hydrogen-bond acceptors (Lipinski definition) is 2. The van der Waals surface area contributed by atoms with E-state index in [1.807, 2.05) is 42.1 Å². The Morgan fingerprint density at radius 3 is 2.79 bits per heavy atom. The molecule has 0 aliphatic carbocycles. The van der Waals surface area contributed by atoms with Crippen LogP contribution in [0.2, 0.25) is 10.0 Å². The fraction of sp³-hybridized carbons (Fsp3) is 0.167. The second-order valence-electron chi connectivity index (χ2n) is 5.59. The number of aromatic nitrogens is 1. The number of aryl methyl sites for hydroxylation is 1. The lowest BCUT2D eigenvalue weighted by Gasteiger charge is -2.13. The van der Waals surface area contributed by atoms with Gasteiger partial charge in [-0.3, -0.25) is 4.79 Å². The average Bonchev–Trinajstić information content (AvgIpc) is 2.95. The molecule has 3 rings (SSSR count). The topological polar surface area (TPSA) is 54.3 Å². The second-order valence-corrected chi connectivity index (χ2v) is 6.44. The number of fused-ring (bicyclic) bond motifs is 1. The van der Waals surface area contributed by atoms with Crippen molar-refractivity contribution in [3.63, 3.8) is 0 Å². The van der Waals surface area contributed by atoms with E-state index in [0.29, 0.717) is 10.0 Å². The molecule has 0 aliphatic rings. The van der Waals surface area contributed by atoms with Crippen LogP contribution < -0.4 is 5.32 Å². The van der Waals surface area contributed by atoms with Gasteiger partial charge in [0.05, 0.1) is 16.7 Å². The number of nitrogens with zero attached hydrogens (tertiary/aromatic N) is 1. The Labute approximate surface area is 149 Å². The zero-order valence-corrected chi connectivity index (χ0v) is 14.5. The monoisotopic (exact) mass is 362 g/mol. The van der Waals surface area contributed by atoms with Crippen LogP contribution in [0.5, 0.6) is 0 Å². The van der Waals surface area contributed by atoms with Crippen molar-refractivity contribution < 1.29 is 9.90 Å². The Morgan fingerprint density at radius 1 is 1.21 bits per heavy atom. The van der Waals surface area contributed by atoms with Gasteiger partial charge in [-0.2, -0.15) is 0 Å². The Hall–Kier alpha value is -2.01. The molecule has 0 fully saturated rings. The zero-order chi connectivity index (χ0) is 17.3. The molecule has 1 aromatic heterocycles. The zero-order valence-electron chi connectivity index (χ0n) is 13.0. The van der Waals surface area contributed by atoms with Gasteiger partial charge in [-0.1, -0.05) is 29.3 Å². The van der Waals surface area contributed by atoms with Gasteiger partial charge in [0.1, 0.15) is 0 Å². The fourth-order valence-corrected chi connectivity index (χ4v) is 2.96. The molecule has 6 heteroatoms. The molecule has 2 aromatic carbocycles. The summed E-state index contributed by atoms with van der Waals surface area (Å²) in [7, 11) is 1.97. The smallest absolute Gasteiger partial charge is 0.252 e. The van der Waals surface area contributed by atoms with Crippen molar-refractivity contribution >= 4 is 40.0 Å². The van der Waals surface area contributed by atoms with Crippen molar-refractivity contribution in [2.75, 3.05) is 6.54 Å². The molecule has 0 radical (unpaired) electrons. The van der Waals surface area contributed by atoms with Crippen LogP contribution in [0.4, 0.5) is 0 Å². The molecular weight excluding hydrogens is 347 g/mol. The maximum absolute atomic E-state index is 12.2. The molecule has 0 saturated carbocycles. The van der Waals surface area contributed by atoms with Crippen molar-refractivity contribution in [1.82, 2.24) is 9.88 Å². The van der Waals surface area contributed by atoms with E-state index in [1.54, 1.807) is 12.1 Å². The largest absolute Gasteiger partial charge is 0.387 e. The van der Waals surface area contributed by atoms with E-state index in [0.717, 1.165) is 16.5 Å².